The molecule has 0 saturated carbocycles. The third-order valence-corrected chi connectivity index (χ3v) is 7.18. The lowest BCUT2D eigenvalue weighted by molar-refractivity contribution is -0.132. The van der Waals surface area contributed by atoms with E-state index in [4.69, 9.17) is 4.98 Å². The summed E-state index contributed by atoms with van der Waals surface area (Å²) >= 11 is 3.30. The van der Waals surface area contributed by atoms with E-state index in [1.807, 2.05) is 43.0 Å². The average molecular weight is 399 g/mol. The van der Waals surface area contributed by atoms with Crippen LogP contribution in [0.1, 0.15) is 56.8 Å². The first kappa shape index (κ1) is 18.3. The smallest absolute Gasteiger partial charge is 0.223 e. The zero-order chi connectivity index (χ0) is 19.0. The lowest BCUT2D eigenvalue weighted by Crippen LogP contribution is -2.30. The number of fused-ring (bicyclic) bond motifs is 1. The van der Waals surface area contributed by atoms with Crippen molar-refractivity contribution in [2.24, 2.45) is 0 Å². The molecule has 140 valence electrons. The number of hydrogen-bond donors (Lipinski definition) is 0. The molecule has 0 radical (unpaired) electrons. The van der Waals surface area contributed by atoms with Crippen LogP contribution in [0.3, 0.4) is 0 Å². The van der Waals surface area contributed by atoms with Crippen LogP contribution < -0.4 is 0 Å². The van der Waals surface area contributed by atoms with E-state index in [0.29, 0.717) is 0 Å². The molecular formula is C21H22N2O2S2. The molecular weight excluding hydrogens is 376 g/mol. The highest BCUT2D eigenvalue weighted by atomic mass is 32.1. The highest BCUT2D eigenvalue weighted by Crippen LogP contribution is 2.37. The number of thiazole rings is 1. The summed E-state index contributed by atoms with van der Waals surface area (Å²) in [5, 5.41) is 1.01. The van der Waals surface area contributed by atoms with Crippen LogP contribution in [0, 0.1) is 13.8 Å². The Labute approximate surface area is 166 Å². The van der Waals surface area contributed by atoms with Crippen LogP contribution in [-0.2, 0) is 4.79 Å². The number of Topliss-reactive ketones (excluding diaryl/α,β-unsaturated/α-hetero) is 1. The zero-order valence-electron chi connectivity index (χ0n) is 15.5. The molecule has 1 saturated heterocycles. The summed E-state index contributed by atoms with van der Waals surface area (Å²) in [6, 6.07) is 10.1. The molecule has 0 spiro atoms. The summed E-state index contributed by atoms with van der Waals surface area (Å²) in [4.78, 5) is 34.2. The second-order valence-corrected chi connectivity index (χ2v) is 9.54. The molecule has 0 aliphatic carbocycles. The first-order valence-electron chi connectivity index (χ1n) is 9.28. The molecule has 1 aliphatic heterocycles. The fourth-order valence-corrected chi connectivity index (χ4v) is 5.82. The Morgan fingerprint density at radius 2 is 2.00 bits per heavy atom. The van der Waals surface area contributed by atoms with E-state index >= 15 is 0 Å². The van der Waals surface area contributed by atoms with E-state index in [-0.39, 0.29) is 30.6 Å². The number of carbonyl (C=O) groups is 2. The third-order valence-electron chi connectivity index (χ3n) is 5.08. The van der Waals surface area contributed by atoms with Gasteiger partial charge in [-0.15, -0.1) is 22.7 Å². The number of rotatable bonds is 5. The van der Waals surface area contributed by atoms with Gasteiger partial charge in [-0.05, 0) is 44.9 Å². The minimum Gasteiger partial charge on any atom is -0.333 e. The Morgan fingerprint density at radius 3 is 2.74 bits per heavy atom. The van der Waals surface area contributed by atoms with Gasteiger partial charge in [-0.3, -0.25) is 9.59 Å². The predicted octanol–water partition coefficient (Wildman–Crippen LogP) is 5.30. The number of carbonyl (C=O) groups excluding carboxylic acids is 2. The second-order valence-electron chi connectivity index (χ2n) is 7.02. The third kappa shape index (κ3) is 3.69. The predicted molar refractivity (Wildman–Crippen MR) is 111 cm³/mol. The number of amides is 1. The summed E-state index contributed by atoms with van der Waals surface area (Å²) in [5.41, 5.74) is 1.77. The number of para-hydroxylation sites is 1. The van der Waals surface area contributed by atoms with Crippen LogP contribution in [0.2, 0.25) is 0 Å². The Bertz CT molecular complexity index is 972. The fourth-order valence-electron chi connectivity index (χ4n) is 3.76. The van der Waals surface area contributed by atoms with Gasteiger partial charge >= 0.3 is 0 Å². The molecule has 27 heavy (non-hydrogen) atoms. The maximum atomic E-state index is 12.8. The van der Waals surface area contributed by atoms with Gasteiger partial charge in [-0.25, -0.2) is 4.98 Å². The average Bonchev–Trinajstić information content (AvgIpc) is 3.36. The van der Waals surface area contributed by atoms with Gasteiger partial charge in [0.2, 0.25) is 5.91 Å². The Balaban J connectivity index is 1.44. The number of thiophene rings is 1. The molecule has 6 heteroatoms. The van der Waals surface area contributed by atoms with Crippen LogP contribution >= 0.6 is 22.7 Å². The van der Waals surface area contributed by atoms with Gasteiger partial charge in [0.15, 0.2) is 5.78 Å². The van der Waals surface area contributed by atoms with Gasteiger partial charge in [0.1, 0.15) is 5.01 Å². The summed E-state index contributed by atoms with van der Waals surface area (Å²) in [6.07, 6.45) is 2.49. The van der Waals surface area contributed by atoms with E-state index in [1.165, 1.54) is 0 Å². The molecule has 0 N–H and O–H groups in total. The fraction of sp³-hybridized carbons (Fsp3) is 0.381. The molecule has 3 heterocycles. The number of hydrogen-bond acceptors (Lipinski definition) is 5. The second kappa shape index (κ2) is 7.52. The Hall–Kier alpha value is -2.05. The van der Waals surface area contributed by atoms with Crippen molar-refractivity contribution in [3.8, 4) is 0 Å². The SMILES string of the molecule is Cc1cc(C(=O)CCC(=O)N2CCCC2c2nc3ccccc3s2)c(C)s1. The largest absolute Gasteiger partial charge is 0.333 e. The van der Waals surface area contributed by atoms with Crippen molar-refractivity contribution in [1.82, 2.24) is 9.88 Å². The molecule has 1 unspecified atom stereocenters. The molecule has 4 nitrogen and oxygen atoms in total. The Kier molecular flexibility index (Phi) is 5.10. The van der Waals surface area contributed by atoms with Crippen LogP contribution in [0.4, 0.5) is 0 Å². The standard InChI is InChI=1S/C21H22N2O2S2/c1-13-12-15(14(2)26-13)18(24)9-10-20(25)23-11-5-7-17(23)21-22-16-6-3-4-8-19(16)27-21/h3-4,6,8,12,17H,5,7,9-11H2,1-2H3. The first-order chi connectivity index (χ1) is 13.0. The first-order valence-corrected chi connectivity index (χ1v) is 10.9. The van der Waals surface area contributed by atoms with Crippen LogP contribution in [0.25, 0.3) is 10.2 Å². The number of aryl methyl sites for hydroxylation is 2. The van der Waals surface area contributed by atoms with Crippen molar-refractivity contribution < 1.29 is 9.59 Å². The number of aromatic nitrogens is 1. The lowest BCUT2D eigenvalue weighted by atomic mass is 10.1. The van der Waals surface area contributed by atoms with E-state index in [2.05, 4.69) is 6.07 Å². The molecule has 0 bridgehead atoms. The monoisotopic (exact) mass is 398 g/mol. The molecule has 1 fully saturated rings. The molecule has 1 amide bonds. The molecule has 2 aromatic heterocycles. The van der Waals surface area contributed by atoms with Gasteiger partial charge in [-0.1, -0.05) is 12.1 Å². The minimum absolute atomic E-state index is 0.0510. The van der Waals surface area contributed by atoms with Gasteiger partial charge < -0.3 is 4.90 Å². The number of ketones is 1. The topological polar surface area (TPSA) is 50.3 Å². The van der Waals surface area contributed by atoms with Crippen LogP contribution in [-0.4, -0.2) is 28.1 Å². The molecule has 1 aromatic carbocycles. The van der Waals surface area contributed by atoms with Crippen molar-refractivity contribution in [2.75, 3.05) is 6.54 Å². The van der Waals surface area contributed by atoms with Crippen molar-refractivity contribution in [2.45, 2.75) is 45.6 Å². The van der Waals surface area contributed by atoms with Crippen LogP contribution in [0.15, 0.2) is 30.3 Å². The number of nitrogens with zero attached hydrogens (tertiary/aromatic N) is 2. The number of likely N-dealkylation sites (tertiary alicyclic amines) is 1. The summed E-state index contributed by atoms with van der Waals surface area (Å²) in [5.74, 6) is 0.135. The maximum absolute atomic E-state index is 12.8. The van der Waals surface area contributed by atoms with Gasteiger partial charge in [0.05, 0.1) is 16.3 Å². The van der Waals surface area contributed by atoms with E-state index in [9.17, 15) is 9.59 Å². The van der Waals surface area contributed by atoms with Crippen molar-refractivity contribution in [3.63, 3.8) is 0 Å². The lowest BCUT2D eigenvalue weighted by Gasteiger charge is -2.23. The summed E-state index contributed by atoms with van der Waals surface area (Å²) in [7, 11) is 0. The zero-order valence-corrected chi connectivity index (χ0v) is 17.2. The molecule has 1 aliphatic rings. The molecule has 3 aromatic rings. The van der Waals surface area contributed by atoms with E-state index in [1.54, 1.807) is 22.7 Å². The minimum atomic E-state index is 0.0510. The summed E-state index contributed by atoms with van der Waals surface area (Å²) in [6.45, 7) is 4.73. The number of benzene rings is 1. The van der Waals surface area contributed by atoms with Gasteiger partial charge in [0, 0.05) is 34.7 Å². The van der Waals surface area contributed by atoms with Gasteiger partial charge in [0.25, 0.3) is 0 Å². The normalized spacial score (nSPS) is 17.0. The van der Waals surface area contributed by atoms with E-state index in [0.717, 1.165) is 49.9 Å². The summed E-state index contributed by atoms with van der Waals surface area (Å²) < 4.78 is 1.16. The van der Waals surface area contributed by atoms with E-state index < -0.39 is 0 Å². The highest BCUT2D eigenvalue weighted by Gasteiger charge is 2.32. The van der Waals surface area contributed by atoms with Gasteiger partial charge in [-0.2, -0.15) is 0 Å². The molecule has 1 atom stereocenters. The molecule has 4 rings (SSSR count). The van der Waals surface area contributed by atoms with Crippen molar-refractivity contribution >= 4 is 44.6 Å². The van der Waals surface area contributed by atoms with Crippen molar-refractivity contribution in [3.05, 3.63) is 50.7 Å². The highest BCUT2D eigenvalue weighted by molar-refractivity contribution is 7.18. The Morgan fingerprint density at radius 1 is 1.19 bits per heavy atom. The quantitative estimate of drug-likeness (QED) is 0.548. The van der Waals surface area contributed by atoms with Crippen molar-refractivity contribution in [1.29, 1.82) is 0 Å². The van der Waals surface area contributed by atoms with Crippen LogP contribution in [0.5, 0.6) is 0 Å². The maximum Gasteiger partial charge on any atom is 0.223 e.